The van der Waals surface area contributed by atoms with Gasteiger partial charge in [-0.25, -0.2) is 0 Å². The predicted octanol–water partition coefficient (Wildman–Crippen LogP) is 2.58. The molecule has 70 valence electrons. The number of aromatic nitrogens is 1. The Kier molecular flexibility index (Phi) is 3.13. The molecule has 0 amide bonds. The summed E-state index contributed by atoms with van der Waals surface area (Å²) >= 11 is 0. The van der Waals surface area contributed by atoms with E-state index in [0.29, 0.717) is 5.92 Å². The Morgan fingerprint density at radius 2 is 2.15 bits per heavy atom. The van der Waals surface area contributed by atoms with Crippen LogP contribution >= 0.6 is 0 Å². The van der Waals surface area contributed by atoms with Crippen molar-refractivity contribution < 1.29 is 0 Å². The van der Waals surface area contributed by atoms with E-state index in [1.54, 1.807) is 0 Å². The highest BCUT2D eigenvalue weighted by Gasteiger charge is 2.06. The first-order valence-corrected chi connectivity index (χ1v) is 4.77. The van der Waals surface area contributed by atoms with Crippen LogP contribution in [0.3, 0.4) is 0 Å². The second-order valence-electron chi connectivity index (χ2n) is 3.68. The second-order valence-corrected chi connectivity index (χ2v) is 3.68. The van der Waals surface area contributed by atoms with Gasteiger partial charge in [0.15, 0.2) is 0 Å². The molecule has 1 aromatic heterocycles. The summed E-state index contributed by atoms with van der Waals surface area (Å²) in [5.74, 6) is 0.588. The molecule has 0 aliphatic carbocycles. The van der Waals surface area contributed by atoms with Crippen LogP contribution < -0.4 is 0 Å². The van der Waals surface area contributed by atoms with Crippen molar-refractivity contribution in [1.82, 2.24) is 4.57 Å². The summed E-state index contributed by atoms with van der Waals surface area (Å²) in [6, 6.07) is 6.17. The molecule has 0 saturated carbocycles. The predicted molar refractivity (Wildman–Crippen MR) is 53.4 cm³/mol. The standard InChI is InChI=1S/C11H16N2/c1-4-10-5-6-11(7-12)13(10)8-9(2)3/h5-6,9H,4,8H2,1-3H3. The minimum atomic E-state index is 0.588. The summed E-state index contributed by atoms with van der Waals surface area (Å²) in [4.78, 5) is 0. The lowest BCUT2D eigenvalue weighted by molar-refractivity contribution is 0.509. The molecule has 0 aliphatic rings. The summed E-state index contributed by atoms with van der Waals surface area (Å²) in [5.41, 5.74) is 2.04. The van der Waals surface area contributed by atoms with Crippen molar-refractivity contribution in [3.8, 4) is 6.07 Å². The molecule has 0 radical (unpaired) electrons. The van der Waals surface area contributed by atoms with E-state index in [1.807, 2.05) is 12.1 Å². The molecule has 0 saturated heterocycles. The molecule has 0 unspecified atom stereocenters. The fourth-order valence-electron chi connectivity index (χ4n) is 1.50. The van der Waals surface area contributed by atoms with Crippen LogP contribution in [0, 0.1) is 17.2 Å². The van der Waals surface area contributed by atoms with Gasteiger partial charge in [-0.15, -0.1) is 0 Å². The number of hydrogen-bond acceptors (Lipinski definition) is 1. The summed E-state index contributed by atoms with van der Waals surface area (Å²) in [6.45, 7) is 7.40. The van der Waals surface area contributed by atoms with Crippen molar-refractivity contribution >= 4 is 0 Å². The molecule has 1 aromatic rings. The lowest BCUT2D eigenvalue weighted by Gasteiger charge is -2.11. The average molecular weight is 176 g/mol. The monoisotopic (exact) mass is 176 g/mol. The summed E-state index contributed by atoms with van der Waals surface area (Å²) in [5, 5.41) is 8.87. The van der Waals surface area contributed by atoms with Crippen molar-refractivity contribution in [1.29, 1.82) is 5.26 Å². The van der Waals surface area contributed by atoms with Crippen molar-refractivity contribution in [2.45, 2.75) is 33.7 Å². The Morgan fingerprint density at radius 3 is 2.62 bits per heavy atom. The Morgan fingerprint density at radius 1 is 1.46 bits per heavy atom. The van der Waals surface area contributed by atoms with Crippen LogP contribution in [0.4, 0.5) is 0 Å². The van der Waals surface area contributed by atoms with E-state index in [2.05, 4.69) is 31.4 Å². The summed E-state index contributed by atoms with van der Waals surface area (Å²) in [7, 11) is 0. The molecular formula is C11H16N2. The first-order valence-electron chi connectivity index (χ1n) is 4.77. The van der Waals surface area contributed by atoms with Gasteiger partial charge in [0.05, 0.1) is 0 Å². The molecule has 13 heavy (non-hydrogen) atoms. The van der Waals surface area contributed by atoms with Gasteiger partial charge in [-0.2, -0.15) is 5.26 Å². The molecule has 0 aliphatic heterocycles. The fraction of sp³-hybridized carbons (Fsp3) is 0.545. The lowest BCUT2D eigenvalue weighted by Crippen LogP contribution is -2.09. The maximum atomic E-state index is 8.87. The van der Waals surface area contributed by atoms with Crippen LogP contribution in [-0.2, 0) is 13.0 Å². The molecule has 2 nitrogen and oxygen atoms in total. The summed E-state index contributed by atoms with van der Waals surface area (Å²) < 4.78 is 2.12. The summed E-state index contributed by atoms with van der Waals surface area (Å²) in [6.07, 6.45) is 0.994. The maximum absolute atomic E-state index is 8.87. The zero-order chi connectivity index (χ0) is 9.84. The van der Waals surface area contributed by atoms with Crippen molar-refractivity contribution in [2.24, 2.45) is 5.92 Å². The number of rotatable bonds is 3. The van der Waals surface area contributed by atoms with Gasteiger partial charge < -0.3 is 4.57 Å². The zero-order valence-electron chi connectivity index (χ0n) is 8.54. The molecule has 2 heteroatoms. The molecule has 0 spiro atoms. The van der Waals surface area contributed by atoms with Crippen LogP contribution in [-0.4, -0.2) is 4.57 Å². The normalized spacial score (nSPS) is 10.4. The Hall–Kier alpha value is -1.23. The Bertz CT molecular complexity index is 315. The van der Waals surface area contributed by atoms with Crippen LogP contribution in [0.5, 0.6) is 0 Å². The molecular weight excluding hydrogens is 160 g/mol. The average Bonchev–Trinajstić information content (AvgIpc) is 2.46. The molecule has 0 aromatic carbocycles. The first kappa shape index (κ1) is 9.85. The molecule has 0 atom stereocenters. The van der Waals surface area contributed by atoms with Gasteiger partial charge in [-0.3, -0.25) is 0 Å². The third kappa shape index (κ3) is 2.12. The van der Waals surface area contributed by atoms with E-state index < -0.39 is 0 Å². The number of nitriles is 1. The third-order valence-electron chi connectivity index (χ3n) is 2.10. The first-order chi connectivity index (χ1) is 6.19. The van der Waals surface area contributed by atoms with Crippen LogP contribution in [0.2, 0.25) is 0 Å². The lowest BCUT2D eigenvalue weighted by atomic mass is 10.2. The van der Waals surface area contributed by atoms with E-state index in [4.69, 9.17) is 5.26 Å². The highest BCUT2D eigenvalue weighted by atomic mass is 15.0. The van der Waals surface area contributed by atoms with E-state index in [9.17, 15) is 0 Å². The molecule has 1 rings (SSSR count). The SMILES string of the molecule is CCc1ccc(C#N)n1CC(C)C. The number of nitrogens with zero attached hydrogens (tertiary/aromatic N) is 2. The third-order valence-corrected chi connectivity index (χ3v) is 2.10. The van der Waals surface area contributed by atoms with Crippen LogP contribution in [0.15, 0.2) is 12.1 Å². The highest BCUT2D eigenvalue weighted by Crippen LogP contribution is 2.11. The quantitative estimate of drug-likeness (QED) is 0.695. The van der Waals surface area contributed by atoms with Gasteiger partial charge in [-0.05, 0) is 24.5 Å². The largest absolute Gasteiger partial charge is 0.336 e. The van der Waals surface area contributed by atoms with Gasteiger partial charge in [0.25, 0.3) is 0 Å². The minimum Gasteiger partial charge on any atom is -0.336 e. The highest BCUT2D eigenvalue weighted by molar-refractivity contribution is 5.27. The molecule has 0 N–H and O–H groups in total. The fourth-order valence-corrected chi connectivity index (χ4v) is 1.50. The van der Waals surface area contributed by atoms with E-state index in [1.165, 1.54) is 5.69 Å². The smallest absolute Gasteiger partial charge is 0.120 e. The maximum Gasteiger partial charge on any atom is 0.120 e. The van der Waals surface area contributed by atoms with Crippen LogP contribution in [0.25, 0.3) is 0 Å². The van der Waals surface area contributed by atoms with Crippen molar-refractivity contribution in [2.75, 3.05) is 0 Å². The van der Waals surface area contributed by atoms with E-state index in [-0.39, 0.29) is 0 Å². The Balaban J connectivity index is 3.00. The second kappa shape index (κ2) is 4.13. The van der Waals surface area contributed by atoms with Gasteiger partial charge in [0, 0.05) is 12.2 Å². The van der Waals surface area contributed by atoms with Gasteiger partial charge in [-0.1, -0.05) is 20.8 Å². The minimum absolute atomic E-state index is 0.588. The Labute approximate surface area is 79.8 Å². The van der Waals surface area contributed by atoms with Crippen molar-refractivity contribution in [3.05, 3.63) is 23.5 Å². The number of aryl methyl sites for hydroxylation is 1. The van der Waals surface area contributed by atoms with Gasteiger partial charge in [0.2, 0.25) is 0 Å². The van der Waals surface area contributed by atoms with Crippen LogP contribution in [0.1, 0.15) is 32.2 Å². The van der Waals surface area contributed by atoms with E-state index in [0.717, 1.165) is 18.7 Å². The molecule has 0 bridgehead atoms. The molecule has 0 fully saturated rings. The van der Waals surface area contributed by atoms with E-state index >= 15 is 0 Å². The van der Waals surface area contributed by atoms with Crippen molar-refractivity contribution in [3.63, 3.8) is 0 Å². The van der Waals surface area contributed by atoms with Gasteiger partial charge >= 0.3 is 0 Å². The molecule has 1 heterocycles. The number of hydrogen-bond donors (Lipinski definition) is 0. The van der Waals surface area contributed by atoms with Gasteiger partial charge in [0.1, 0.15) is 11.8 Å². The zero-order valence-corrected chi connectivity index (χ0v) is 8.54. The topological polar surface area (TPSA) is 28.7 Å².